The molecule has 0 spiro atoms. The maximum atomic E-state index is 5.90. The molecule has 78 valence electrons. The lowest BCUT2D eigenvalue weighted by atomic mass is 10.3. The van der Waals surface area contributed by atoms with Crippen LogP contribution in [0, 0.1) is 0 Å². The van der Waals surface area contributed by atoms with Gasteiger partial charge < -0.3 is 4.74 Å². The van der Waals surface area contributed by atoms with Crippen LogP contribution in [0.25, 0.3) is 0 Å². The maximum Gasteiger partial charge on any atom is 0.139 e. The molecule has 0 radical (unpaired) electrons. The van der Waals surface area contributed by atoms with E-state index >= 15 is 0 Å². The number of ether oxygens (including phenoxy) is 1. The van der Waals surface area contributed by atoms with Gasteiger partial charge >= 0.3 is 0 Å². The Kier molecular flexibility index (Phi) is 5.18. The predicted octanol–water partition coefficient (Wildman–Crippen LogP) is 4.65. The van der Waals surface area contributed by atoms with Crippen molar-refractivity contribution in [2.45, 2.75) is 6.42 Å². The van der Waals surface area contributed by atoms with E-state index in [-0.39, 0.29) is 0 Å². The van der Waals surface area contributed by atoms with Gasteiger partial charge in [0, 0.05) is 5.88 Å². The van der Waals surface area contributed by atoms with Crippen molar-refractivity contribution in [3.63, 3.8) is 0 Å². The quantitative estimate of drug-likeness (QED) is 0.441. The van der Waals surface area contributed by atoms with Gasteiger partial charge in [-0.25, -0.2) is 0 Å². The van der Waals surface area contributed by atoms with Crippen LogP contribution in [0.4, 0.5) is 0 Å². The fourth-order valence-electron chi connectivity index (χ4n) is 0.856. The average Bonchev–Trinajstić information content (AvgIpc) is 2.18. The first-order valence-electron chi connectivity index (χ1n) is 3.99. The predicted molar refractivity (Wildman–Crippen MR) is 62.3 cm³/mol. The average molecular weight is 274 g/mol. The van der Waals surface area contributed by atoms with Gasteiger partial charge in [0.15, 0.2) is 0 Å². The molecule has 0 aromatic heterocycles. The van der Waals surface area contributed by atoms with Gasteiger partial charge in [0.1, 0.15) is 10.8 Å². The summed E-state index contributed by atoms with van der Waals surface area (Å²) in [6.45, 7) is 0.515. The molecule has 0 saturated heterocycles. The van der Waals surface area contributed by atoms with Gasteiger partial charge in [-0.1, -0.05) is 34.8 Å². The van der Waals surface area contributed by atoms with Crippen LogP contribution in [-0.4, -0.2) is 12.5 Å². The van der Waals surface area contributed by atoms with Crippen LogP contribution in [0.15, 0.2) is 12.1 Å². The molecule has 14 heavy (non-hydrogen) atoms. The standard InChI is InChI=1S/C9H8Cl4O/c10-4-1-5-14-7-3-2-6(11)8(12)9(7)13/h2-3H,1,4-5H2. The molecule has 0 aliphatic heterocycles. The Labute approximate surface area is 103 Å². The first-order valence-corrected chi connectivity index (χ1v) is 5.66. The van der Waals surface area contributed by atoms with E-state index in [9.17, 15) is 0 Å². The second kappa shape index (κ2) is 5.92. The smallest absolute Gasteiger partial charge is 0.139 e. The van der Waals surface area contributed by atoms with E-state index in [1.54, 1.807) is 12.1 Å². The molecule has 1 aromatic carbocycles. The van der Waals surface area contributed by atoms with Crippen molar-refractivity contribution >= 4 is 46.4 Å². The third-order valence-corrected chi connectivity index (χ3v) is 3.08. The lowest BCUT2D eigenvalue weighted by Crippen LogP contribution is -1.98. The van der Waals surface area contributed by atoms with Crippen molar-refractivity contribution in [2.75, 3.05) is 12.5 Å². The SMILES string of the molecule is ClCCCOc1ccc(Cl)c(Cl)c1Cl. The Morgan fingerprint density at radius 2 is 1.79 bits per heavy atom. The molecular formula is C9H8Cl4O. The second-order valence-corrected chi connectivity index (χ2v) is 4.11. The first kappa shape index (κ1) is 12.3. The second-order valence-electron chi connectivity index (χ2n) is 2.56. The molecule has 0 aliphatic carbocycles. The molecule has 1 aromatic rings. The zero-order valence-electron chi connectivity index (χ0n) is 7.20. The summed E-state index contributed by atoms with van der Waals surface area (Å²) < 4.78 is 5.35. The third-order valence-electron chi connectivity index (χ3n) is 1.54. The summed E-state index contributed by atoms with van der Waals surface area (Å²) in [6.07, 6.45) is 0.762. The highest BCUT2D eigenvalue weighted by molar-refractivity contribution is 6.48. The van der Waals surface area contributed by atoms with E-state index < -0.39 is 0 Å². The molecule has 0 N–H and O–H groups in total. The highest BCUT2D eigenvalue weighted by atomic mass is 35.5. The molecule has 0 fully saturated rings. The van der Waals surface area contributed by atoms with Crippen LogP contribution in [0.3, 0.4) is 0 Å². The third kappa shape index (κ3) is 3.09. The van der Waals surface area contributed by atoms with E-state index in [2.05, 4.69) is 0 Å². The molecule has 5 heteroatoms. The topological polar surface area (TPSA) is 9.23 Å². The minimum absolute atomic E-state index is 0.316. The van der Waals surface area contributed by atoms with E-state index in [1.807, 2.05) is 0 Å². The molecule has 0 amide bonds. The van der Waals surface area contributed by atoms with Crippen molar-refractivity contribution in [3.8, 4) is 5.75 Å². The minimum atomic E-state index is 0.316. The highest BCUT2D eigenvalue weighted by Gasteiger charge is 2.09. The molecule has 0 bridgehead atoms. The molecule has 0 unspecified atom stereocenters. The van der Waals surface area contributed by atoms with E-state index in [1.165, 1.54) is 0 Å². The van der Waals surface area contributed by atoms with Crippen LogP contribution in [0.1, 0.15) is 6.42 Å². The molecule has 1 nitrogen and oxygen atoms in total. The van der Waals surface area contributed by atoms with Crippen LogP contribution in [-0.2, 0) is 0 Å². The summed E-state index contributed by atoms with van der Waals surface area (Å²) in [4.78, 5) is 0. The van der Waals surface area contributed by atoms with Crippen molar-refractivity contribution in [1.29, 1.82) is 0 Å². The largest absolute Gasteiger partial charge is 0.492 e. The maximum absolute atomic E-state index is 5.90. The van der Waals surface area contributed by atoms with Crippen molar-refractivity contribution in [1.82, 2.24) is 0 Å². The number of alkyl halides is 1. The summed E-state index contributed by atoms with van der Waals surface area (Å²) in [7, 11) is 0. The zero-order chi connectivity index (χ0) is 10.6. The lowest BCUT2D eigenvalue weighted by molar-refractivity contribution is 0.318. The van der Waals surface area contributed by atoms with Crippen LogP contribution in [0.5, 0.6) is 5.75 Å². The van der Waals surface area contributed by atoms with Gasteiger partial charge in [-0.15, -0.1) is 11.6 Å². The first-order chi connectivity index (χ1) is 6.66. The number of hydrogen-bond acceptors (Lipinski definition) is 1. The van der Waals surface area contributed by atoms with Gasteiger partial charge in [0.25, 0.3) is 0 Å². The number of halogens is 4. The molecule has 1 rings (SSSR count). The molecule has 0 heterocycles. The summed E-state index contributed by atoms with van der Waals surface area (Å²) >= 11 is 23.0. The zero-order valence-corrected chi connectivity index (χ0v) is 10.2. The van der Waals surface area contributed by atoms with Gasteiger partial charge in [-0.05, 0) is 18.6 Å². The summed E-state index contributed by atoms with van der Waals surface area (Å²) in [5, 5.41) is 1.08. The Bertz CT molecular complexity index is 314. The van der Waals surface area contributed by atoms with Crippen molar-refractivity contribution in [2.24, 2.45) is 0 Å². The van der Waals surface area contributed by atoms with Crippen molar-refractivity contribution in [3.05, 3.63) is 27.2 Å². The monoisotopic (exact) mass is 272 g/mol. The summed E-state index contributed by atoms with van der Waals surface area (Å²) in [6, 6.07) is 3.33. The Morgan fingerprint density at radius 3 is 2.43 bits per heavy atom. The van der Waals surface area contributed by atoms with E-state index in [4.69, 9.17) is 51.1 Å². The fourth-order valence-corrected chi connectivity index (χ4v) is 1.55. The van der Waals surface area contributed by atoms with E-state index in [0.717, 1.165) is 6.42 Å². The van der Waals surface area contributed by atoms with E-state index in [0.29, 0.717) is 33.3 Å². The summed E-state index contributed by atoms with van der Waals surface area (Å²) in [5.41, 5.74) is 0. The summed E-state index contributed by atoms with van der Waals surface area (Å²) in [5.74, 6) is 1.09. The van der Waals surface area contributed by atoms with Crippen LogP contribution < -0.4 is 4.74 Å². The highest BCUT2D eigenvalue weighted by Crippen LogP contribution is 2.36. The van der Waals surface area contributed by atoms with Crippen molar-refractivity contribution < 1.29 is 4.74 Å². The Balaban J connectivity index is 2.73. The van der Waals surface area contributed by atoms with Crippen LogP contribution >= 0.6 is 46.4 Å². The number of benzene rings is 1. The number of rotatable bonds is 4. The van der Waals surface area contributed by atoms with Crippen LogP contribution in [0.2, 0.25) is 15.1 Å². The molecular weight excluding hydrogens is 266 g/mol. The normalized spacial score (nSPS) is 10.3. The Hall–Kier alpha value is 0.180. The minimum Gasteiger partial charge on any atom is -0.492 e. The molecule has 0 saturated carbocycles. The van der Waals surface area contributed by atoms with Gasteiger partial charge in [0.2, 0.25) is 0 Å². The molecule has 0 atom stereocenters. The van der Waals surface area contributed by atoms with Gasteiger partial charge in [-0.3, -0.25) is 0 Å². The fraction of sp³-hybridized carbons (Fsp3) is 0.333. The molecule has 0 aliphatic rings. The Morgan fingerprint density at radius 1 is 1.07 bits per heavy atom. The number of hydrogen-bond donors (Lipinski definition) is 0. The van der Waals surface area contributed by atoms with Gasteiger partial charge in [0.05, 0.1) is 16.7 Å². The van der Waals surface area contributed by atoms with Gasteiger partial charge in [-0.2, -0.15) is 0 Å². The lowest BCUT2D eigenvalue weighted by Gasteiger charge is -2.08.